The third-order valence-electron chi connectivity index (χ3n) is 3.54. The van der Waals surface area contributed by atoms with Gasteiger partial charge in [-0.2, -0.15) is 0 Å². The fourth-order valence-corrected chi connectivity index (χ4v) is 3.25. The van der Waals surface area contributed by atoms with E-state index in [1.165, 1.54) is 17.7 Å². The van der Waals surface area contributed by atoms with Gasteiger partial charge in [0, 0.05) is 18.0 Å². The summed E-state index contributed by atoms with van der Waals surface area (Å²) in [6.07, 6.45) is 4.97. The maximum atomic E-state index is 12.7. The van der Waals surface area contributed by atoms with E-state index in [-0.39, 0.29) is 5.56 Å². The van der Waals surface area contributed by atoms with Crippen molar-refractivity contribution in [2.75, 3.05) is 0 Å². The maximum absolute atomic E-state index is 12.7. The van der Waals surface area contributed by atoms with Crippen LogP contribution >= 0.6 is 11.3 Å². The fourth-order valence-electron chi connectivity index (χ4n) is 2.32. The Labute approximate surface area is 135 Å². The molecule has 6 heteroatoms. The van der Waals surface area contributed by atoms with Crippen LogP contribution in [0.4, 0.5) is 0 Å². The van der Waals surface area contributed by atoms with Crippen LogP contribution in [0.3, 0.4) is 0 Å². The zero-order valence-corrected chi connectivity index (χ0v) is 13.1. The van der Waals surface area contributed by atoms with Crippen molar-refractivity contribution in [3.05, 3.63) is 71.0 Å². The molecule has 3 heterocycles. The van der Waals surface area contributed by atoms with E-state index >= 15 is 0 Å². The molecule has 0 spiro atoms. The van der Waals surface area contributed by atoms with Crippen LogP contribution in [0.2, 0.25) is 0 Å². The zero-order chi connectivity index (χ0) is 15.8. The molecule has 0 aliphatic carbocycles. The van der Waals surface area contributed by atoms with Gasteiger partial charge >= 0.3 is 0 Å². The number of pyridine rings is 1. The van der Waals surface area contributed by atoms with Gasteiger partial charge < -0.3 is 0 Å². The van der Waals surface area contributed by atoms with Crippen molar-refractivity contribution >= 4 is 21.7 Å². The summed E-state index contributed by atoms with van der Waals surface area (Å²) in [4.78, 5) is 25.6. The van der Waals surface area contributed by atoms with E-state index in [0.717, 1.165) is 21.8 Å². The van der Waals surface area contributed by atoms with Gasteiger partial charge in [0.2, 0.25) is 0 Å². The number of aromatic nitrogens is 4. The molecule has 3 aromatic heterocycles. The van der Waals surface area contributed by atoms with Crippen molar-refractivity contribution in [2.45, 2.75) is 6.92 Å². The van der Waals surface area contributed by atoms with Gasteiger partial charge in [-0.3, -0.25) is 14.3 Å². The topological polar surface area (TPSA) is 60.7 Å². The lowest BCUT2D eigenvalue weighted by Gasteiger charge is -2.04. The standard InChI is InChI=1S/C17H12N4OS/c1-11-4-6-13(7-5-11)21-10-19-15-14(17(21)22)23-16(20-15)12-3-2-8-18-9-12/h2-10H,1H3. The van der Waals surface area contributed by atoms with Crippen LogP contribution in [0.15, 0.2) is 59.9 Å². The molecule has 5 nitrogen and oxygen atoms in total. The Morgan fingerprint density at radius 2 is 1.96 bits per heavy atom. The molecule has 0 fully saturated rings. The Morgan fingerprint density at radius 1 is 1.13 bits per heavy atom. The average molecular weight is 320 g/mol. The molecule has 0 atom stereocenters. The van der Waals surface area contributed by atoms with E-state index in [1.807, 2.05) is 43.3 Å². The second kappa shape index (κ2) is 5.40. The van der Waals surface area contributed by atoms with Crippen molar-refractivity contribution < 1.29 is 0 Å². The third-order valence-corrected chi connectivity index (χ3v) is 4.62. The van der Waals surface area contributed by atoms with Crippen LogP contribution in [0, 0.1) is 6.92 Å². The molecule has 0 aliphatic rings. The van der Waals surface area contributed by atoms with E-state index in [2.05, 4.69) is 15.0 Å². The molecule has 23 heavy (non-hydrogen) atoms. The molecule has 0 radical (unpaired) electrons. The molecular weight excluding hydrogens is 308 g/mol. The smallest absolute Gasteiger partial charge is 0.267 e. The summed E-state index contributed by atoms with van der Waals surface area (Å²) in [7, 11) is 0. The van der Waals surface area contributed by atoms with Crippen LogP contribution in [0.25, 0.3) is 26.6 Å². The summed E-state index contributed by atoms with van der Waals surface area (Å²) >= 11 is 1.34. The first kappa shape index (κ1) is 13.8. The minimum atomic E-state index is -0.105. The summed E-state index contributed by atoms with van der Waals surface area (Å²) < 4.78 is 2.10. The summed E-state index contributed by atoms with van der Waals surface area (Å²) in [5.74, 6) is 0. The van der Waals surface area contributed by atoms with E-state index in [0.29, 0.717) is 10.3 Å². The van der Waals surface area contributed by atoms with Crippen LogP contribution in [-0.4, -0.2) is 19.5 Å². The molecule has 0 aliphatic heterocycles. The lowest BCUT2D eigenvalue weighted by atomic mass is 10.2. The Balaban J connectivity index is 1.89. The van der Waals surface area contributed by atoms with Crippen LogP contribution in [-0.2, 0) is 0 Å². The monoisotopic (exact) mass is 320 g/mol. The molecule has 0 saturated carbocycles. The van der Waals surface area contributed by atoms with Gasteiger partial charge in [-0.25, -0.2) is 9.97 Å². The summed E-state index contributed by atoms with van der Waals surface area (Å²) in [5.41, 5.74) is 3.20. The SMILES string of the molecule is Cc1ccc(-n2cnc3nc(-c4cccnc4)sc3c2=O)cc1. The van der Waals surface area contributed by atoms with Crippen molar-refractivity contribution in [3.8, 4) is 16.3 Å². The predicted octanol–water partition coefficient (Wildman–Crippen LogP) is 3.21. The van der Waals surface area contributed by atoms with Gasteiger partial charge in [0.25, 0.3) is 5.56 Å². The number of aryl methyl sites for hydroxylation is 1. The highest BCUT2D eigenvalue weighted by Crippen LogP contribution is 2.26. The molecular formula is C17H12N4OS. The zero-order valence-electron chi connectivity index (χ0n) is 12.3. The van der Waals surface area contributed by atoms with E-state index in [4.69, 9.17) is 0 Å². The van der Waals surface area contributed by atoms with Crippen molar-refractivity contribution in [3.63, 3.8) is 0 Å². The Bertz CT molecular complexity index is 1040. The van der Waals surface area contributed by atoms with Crippen molar-refractivity contribution in [1.82, 2.24) is 19.5 Å². The maximum Gasteiger partial charge on any atom is 0.277 e. The predicted molar refractivity (Wildman–Crippen MR) is 91.0 cm³/mol. The van der Waals surface area contributed by atoms with Gasteiger partial charge in [-0.15, -0.1) is 11.3 Å². The minimum Gasteiger partial charge on any atom is -0.267 e. The van der Waals surface area contributed by atoms with Crippen molar-refractivity contribution in [1.29, 1.82) is 0 Å². The lowest BCUT2D eigenvalue weighted by Crippen LogP contribution is -2.17. The van der Waals surface area contributed by atoms with Crippen LogP contribution in [0.5, 0.6) is 0 Å². The summed E-state index contributed by atoms with van der Waals surface area (Å²) in [6.45, 7) is 2.01. The number of fused-ring (bicyclic) bond motifs is 1. The Hall–Kier alpha value is -2.86. The quantitative estimate of drug-likeness (QED) is 0.569. The van der Waals surface area contributed by atoms with Gasteiger partial charge in [0.05, 0.1) is 5.69 Å². The highest BCUT2D eigenvalue weighted by Gasteiger charge is 2.12. The molecule has 0 unspecified atom stereocenters. The van der Waals surface area contributed by atoms with E-state index in [9.17, 15) is 4.79 Å². The first-order chi connectivity index (χ1) is 11.2. The first-order valence-electron chi connectivity index (χ1n) is 7.08. The highest BCUT2D eigenvalue weighted by molar-refractivity contribution is 7.21. The number of hydrogen-bond acceptors (Lipinski definition) is 5. The first-order valence-corrected chi connectivity index (χ1v) is 7.90. The van der Waals surface area contributed by atoms with E-state index in [1.54, 1.807) is 17.0 Å². The number of benzene rings is 1. The molecule has 112 valence electrons. The lowest BCUT2D eigenvalue weighted by molar-refractivity contribution is 0.961. The number of rotatable bonds is 2. The largest absolute Gasteiger partial charge is 0.277 e. The molecule has 0 bridgehead atoms. The van der Waals surface area contributed by atoms with Gasteiger partial charge in [-0.1, -0.05) is 17.7 Å². The van der Waals surface area contributed by atoms with Gasteiger partial charge in [-0.05, 0) is 31.2 Å². The summed E-state index contributed by atoms with van der Waals surface area (Å²) in [5, 5.41) is 0.749. The van der Waals surface area contributed by atoms with Crippen LogP contribution < -0.4 is 5.56 Å². The van der Waals surface area contributed by atoms with Crippen LogP contribution in [0.1, 0.15) is 5.56 Å². The third kappa shape index (κ3) is 2.43. The molecule has 1 aromatic carbocycles. The number of hydrogen-bond donors (Lipinski definition) is 0. The number of nitrogens with zero attached hydrogens (tertiary/aromatic N) is 4. The fraction of sp³-hybridized carbons (Fsp3) is 0.0588. The van der Waals surface area contributed by atoms with Crippen molar-refractivity contribution in [2.24, 2.45) is 0 Å². The molecule has 4 aromatic rings. The Kier molecular flexibility index (Phi) is 3.24. The second-order valence-corrected chi connectivity index (χ2v) is 6.17. The minimum absolute atomic E-state index is 0.105. The second-order valence-electron chi connectivity index (χ2n) is 5.17. The van der Waals surface area contributed by atoms with Gasteiger partial charge in [0.1, 0.15) is 16.0 Å². The Morgan fingerprint density at radius 3 is 2.70 bits per heavy atom. The highest BCUT2D eigenvalue weighted by atomic mass is 32.1. The summed E-state index contributed by atoms with van der Waals surface area (Å²) in [6, 6.07) is 11.5. The average Bonchev–Trinajstić information content (AvgIpc) is 3.02. The molecule has 0 saturated heterocycles. The normalized spacial score (nSPS) is 11.0. The van der Waals surface area contributed by atoms with E-state index < -0.39 is 0 Å². The molecule has 0 amide bonds. The molecule has 4 rings (SSSR count). The number of thiazole rings is 1. The van der Waals surface area contributed by atoms with Gasteiger partial charge in [0.15, 0.2) is 5.65 Å². The molecule has 0 N–H and O–H groups in total.